The molecule has 0 amide bonds. The molecule has 68 valence electrons. The van der Waals surface area contributed by atoms with E-state index in [2.05, 4.69) is 37.9 Å². The zero-order chi connectivity index (χ0) is 8.69. The van der Waals surface area contributed by atoms with Crippen molar-refractivity contribution in [1.82, 2.24) is 9.80 Å². The highest BCUT2D eigenvalue weighted by Crippen LogP contribution is 1.93. The second-order valence-corrected chi connectivity index (χ2v) is 3.41. The molecule has 0 unspecified atom stereocenters. The summed E-state index contributed by atoms with van der Waals surface area (Å²) in [4.78, 5) is 4.60. The van der Waals surface area contributed by atoms with E-state index in [0.29, 0.717) is 0 Å². The Bertz CT molecular complexity index is 81.6. The normalized spacial score (nSPS) is 11.5. The fraction of sp³-hybridized carbons (Fsp3) is 1.00. The van der Waals surface area contributed by atoms with Crippen molar-refractivity contribution in [3.63, 3.8) is 0 Å². The largest absolute Gasteiger partial charge is 0.309 e. The van der Waals surface area contributed by atoms with Gasteiger partial charge in [0.05, 0.1) is 0 Å². The maximum Gasteiger partial charge on any atom is -0.00214 e. The molecular weight excluding hydrogens is 136 g/mol. The van der Waals surface area contributed by atoms with Crippen molar-refractivity contribution >= 4 is 0 Å². The van der Waals surface area contributed by atoms with Crippen molar-refractivity contribution in [2.75, 3.05) is 40.8 Å². The average molecular weight is 158 g/mol. The van der Waals surface area contributed by atoms with Crippen molar-refractivity contribution in [3.8, 4) is 0 Å². The van der Waals surface area contributed by atoms with E-state index < -0.39 is 0 Å². The van der Waals surface area contributed by atoms with E-state index in [1.54, 1.807) is 0 Å². The summed E-state index contributed by atoms with van der Waals surface area (Å²) in [5, 5.41) is 0. The van der Waals surface area contributed by atoms with E-state index in [9.17, 15) is 0 Å². The molecule has 0 saturated heterocycles. The lowest BCUT2D eigenvalue weighted by Crippen LogP contribution is -2.20. The second kappa shape index (κ2) is 6.62. The van der Waals surface area contributed by atoms with Gasteiger partial charge in [0.1, 0.15) is 0 Å². The molecule has 11 heavy (non-hydrogen) atoms. The number of unbranched alkanes of at least 4 members (excludes halogenated alkanes) is 1. The van der Waals surface area contributed by atoms with Gasteiger partial charge in [-0.2, -0.15) is 0 Å². The molecule has 0 N–H and O–H groups in total. The highest BCUT2D eigenvalue weighted by molar-refractivity contribution is 4.50. The van der Waals surface area contributed by atoms with Gasteiger partial charge < -0.3 is 9.80 Å². The van der Waals surface area contributed by atoms with Gasteiger partial charge in [0.15, 0.2) is 0 Å². The van der Waals surface area contributed by atoms with Crippen LogP contribution in [0.4, 0.5) is 0 Å². The molecule has 0 aromatic heterocycles. The zero-order valence-corrected chi connectivity index (χ0v) is 8.43. The van der Waals surface area contributed by atoms with Gasteiger partial charge in [-0.05, 0) is 53.6 Å². The van der Waals surface area contributed by atoms with Crippen LogP contribution in [-0.2, 0) is 0 Å². The summed E-state index contributed by atoms with van der Waals surface area (Å²) in [7, 11) is 6.43. The minimum absolute atomic E-state index is 1.17. The van der Waals surface area contributed by atoms with Crippen LogP contribution in [0.1, 0.15) is 19.8 Å². The molecule has 0 aromatic rings. The SMILES string of the molecule is CCN(C)CCCCN(C)C. The Labute approximate surface area is 71.2 Å². The quantitative estimate of drug-likeness (QED) is 0.537. The van der Waals surface area contributed by atoms with Crippen LogP contribution in [-0.4, -0.2) is 50.6 Å². The van der Waals surface area contributed by atoms with Crippen molar-refractivity contribution in [1.29, 1.82) is 0 Å². The van der Waals surface area contributed by atoms with Crippen molar-refractivity contribution in [3.05, 3.63) is 0 Å². The minimum atomic E-state index is 1.17. The van der Waals surface area contributed by atoms with Gasteiger partial charge in [0.2, 0.25) is 0 Å². The molecule has 0 aliphatic heterocycles. The Morgan fingerprint density at radius 3 is 1.91 bits per heavy atom. The molecule has 0 fully saturated rings. The number of hydrogen-bond donors (Lipinski definition) is 0. The predicted octanol–water partition coefficient (Wildman–Crippen LogP) is 1.28. The first-order valence-electron chi connectivity index (χ1n) is 4.50. The van der Waals surface area contributed by atoms with Gasteiger partial charge in [0, 0.05) is 0 Å². The lowest BCUT2D eigenvalue weighted by Gasteiger charge is -2.14. The summed E-state index contributed by atoms with van der Waals surface area (Å²) in [6.07, 6.45) is 2.64. The third-order valence-electron chi connectivity index (χ3n) is 1.93. The predicted molar refractivity (Wildman–Crippen MR) is 51.0 cm³/mol. The Morgan fingerprint density at radius 1 is 0.909 bits per heavy atom. The van der Waals surface area contributed by atoms with E-state index >= 15 is 0 Å². The van der Waals surface area contributed by atoms with E-state index in [1.807, 2.05) is 0 Å². The third kappa shape index (κ3) is 7.82. The van der Waals surface area contributed by atoms with Crippen LogP contribution >= 0.6 is 0 Å². The van der Waals surface area contributed by atoms with E-state index in [4.69, 9.17) is 0 Å². The summed E-state index contributed by atoms with van der Waals surface area (Å²) in [6, 6.07) is 0. The van der Waals surface area contributed by atoms with Crippen LogP contribution in [0.5, 0.6) is 0 Å². The molecule has 0 spiro atoms. The van der Waals surface area contributed by atoms with Crippen LogP contribution in [0.3, 0.4) is 0 Å². The average Bonchev–Trinajstić information content (AvgIpc) is 1.97. The van der Waals surface area contributed by atoms with Crippen LogP contribution in [0.15, 0.2) is 0 Å². The summed E-state index contributed by atoms with van der Waals surface area (Å²) in [5.74, 6) is 0. The van der Waals surface area contributed by atoms with Gasteiger partial charge in [-0.25, -0.2) is 0 Å². The van der Waals surface area contributed by atoms with Crippen LogP contribution < -0.4 is 0 Å². The number of rotatable bonds is 6. The molecule has 0 rings (SSSR count). The van der Waals surface area contributed by atoms with Crippen molar-refractivity contribution in [2.24, 2.45) is 0 Å². The van der Waals surface area contributed by atoms with Gasteiger partial charge in [-0.15, -0.1) is 0 Å². The maximum absolute atomic E-state index is 2.36. The molecule has 0 bridgehead atoms. The van der Waals surface area contributed by atoms with Gasteiger partial charge in [-0.3, -0.25) is 0 Å². The summed E-state index contributed by atoms with van der Waals surface area (Å²) in [5.41, 5.74) is 0. The van der Waals surface area contributed by atoms with E-state index in [-0.39, 0.29) is 0 Å². The Balaban J connectivity index is 3.01. The Kier molecular flexibility index (Phi) is 6.57. The molecule has 0 atom stereocenters. The van der Waals surface area contributed by atoms with Crippen molar-refractivity contribution < 1.29 is 0 Å². The molecule has 0 saturated carbocycles. The summed E-state index contributed by atoms with van der Waals surface area (Å²) in [6.45, 7) is 5.83. The van der Waals surface area contributed by atoms with Crippen molar-refractivity contribution in [2.45, 2.75) is 19.8 Å². The third-order valence-corrected chi connectivity index (χ3v) is 1.93. The van der Waals surface area contributed by atoms with Crippen LogP contribution in [0.25, 0.3) is 0 Å². The fourth-order valence-electron chi connectivity index (χ4n) is 0.968. The Morgan fingerprint density at radius 2 is 1.45 bits per heavy atom. The molecule has 2 heteroatoms. The number of nitrogens with zero attached hydrogens (tertiary/aromatic N) is 2. The lowest BCUT2D eigenvalue weighted by atomic mass is 10.3. The standard InChI is InChI=1S/C9H22N2/c1-5-11(4)9-7-6-8-10(2)3/h5-9H2,1-4H3. The van der Waals surface area contributed by atoms with Gasteiger partial charge in [0.25, 0.3) is 0 Å². The molecule has 0 aromatic carbocycles. The molecular formula is C9H22N2. The lowest BCUT2D eigenvalue weighted by molar-refractivity contribution is 0.324. The first-order chi connectivity index (χ1) is 5.16. The smallest absolute Gasteiger partial charge is 0.00214 e. The highest BCUT2D eigenvalue weighted by atomic mass is 15.1. The van der Waals surface area contributed by atoms with Crippen LogP contribution in [0.2, 0.25) is 0 Å². The first kappa shape index (κ1) is 10.9. The number of hydrogen-bond acceptors (Lipinski definition) is 2. The zero-order valence-electron chi connectivity index (χ0n) is 8.43. The molecule has 0 heterocycles. The summed E-state index contributed by atoms with van der Waals surface area (Å²) < 4.78 is 0. The Hall–Kier alpha value is -0.0800. The first-order valence-corrected chi connectivity index (χ1v) is 4.50. The fourth-order valence-corrected chi connectivity index (χ4v) is 0.968. The highest BCUT2D eigenvalue weighted by Gasteiger charge is 1.94. The monoisotopic (exact) mass is 158 g/mol. The second-order valence-electron chi connectivity index (χ2n) is 3.41. The van der Waals surface area contributed by atoms with Crippen LogP contribution in [0, 0.1) is 0 Å². The summed E-state index contributed by atoms with van der Waals surface area (Å²) >= 11 is 0. The van der Waals surface area contributed by atoms with Gasteiger partial charge in [-0.1, -0.05) is 6.92 Å². The van der Waals surface area contributed by atoms with E-state index in [0.717, 1.165) is 0 Å². The van der Waals surface area contributed by atoms with E-state index in [1.165, 1.54) is 32.5 Å². The maximum atomic E-state index is 2.36. The minimum Gasteiger partial charge on any atom is -0.309 e. The molecule has 0 radical (unpaired) electrons. The molecule has 2 nitrogen and oxygen atoms in total. The molecule has 0 aliphatic rings. The topological polar surface area (TPSA) is 6.48 Å². The molecule has 0 aliphatic carbocycles. The van der Waals surface area contributed by atoms with Gasteiger partial charge >= 0.3 is 0 Å².